The molecule has 0 spiro atoms. The lowest BCUT2D eigenvalue weighted by Gasteiger charge is -2.12. The molecule has 2 N–H and O–H groups in total. The smallest absolute Gasteiger partial charge is 0.251 e. The van der Waals surface area contributed by atoms with Crippen LogP contribution in [0.15, 0.2) is 24.3 Å². The van der Waals surface area contributed by atoms with Gasteiger partial charge in [0.15, 0.2) is 0 Å². The number of benzene rings is 1. The van der Waals surface area contributed by atoms with Crippen LogP contribution in [0.5, 0.6) is 0 Å². The second-order valence-corrected chi connectivity index (χ2v) is 4.77. The zero-order valence-electron chi connectivity index (χ0n) is 11.6. The van der Waals surface area contributed by atoms with Crippen LogP contribution >= 0.6 is 0 Å². The summed E-state index contributed by atoms with van der Waals surface area (Å²) < 4.78 is 0. The van der Waals surface area contributed by atoms with E-state index in [-0.39, 0.29) is 5.91 Å². The van der Waals surface area contributed by atoms with E-state index in [1.54, 1.807) is 0 Å². The van der Waals surface area contributed by atoms with Gasteiger partial charge in [-0.3, -0.25) is 4.79 Å². The molecule has 0 aliphatic carbocycles. The van der Waals surface area contributed by atoms with Gasteiger partial charge in [0.25, 0.3) is 5.91 Å². The third-order valence-electron chi connectivity index (χ3n) is 2.94. The van der Waals surface area contributed by atoms with Crippen molar-refractivity contribution in [3.8, 4) is 0 Å². The summed E-state index contributed by atoms with van der Waals surface area (Å²) >= 11 is 0. The third-order valence-corrected chi connectivity index (χ3v) is 2.94. The minimum Gasteiger partial charge on any atom is -0.351 e. The van der Waals surface area contributed by atoms with E-state index >= 15 is 0 Å². The SMILES string of the molecule is CCCC(C)NCCNC(=O)c1ccc(C)cc1. The lowest BCUT2D eigenvalue weighted by atomic mass is 10.1. The maximum Gasteiger partial charge on any atom is 0.251 e. The molecule has 0 aliphatic heterocycles. The average molecular weight is 248 g/mol. The van der Waals surface area contributed by atoms with Gasteiger partial charge in [0, 0.05) is 24.7 Å². The summed E-state index contributed by atoms with van der Waals surface area (Å²) in [6.45, 7) is 7.85. The summed E-state index contributed by atoms with van der Waals surface area (Å²) in [7, 11) is 0. The third kappa shape index (κ3) is 5.32. The first-order valence-corrected chi connectivity index (χ1v) is 6.71. The number of carbonyl (C=O) groups is 1. The Balaban J connectivity index is 2.23. The van der Waals surface area contributed by atoms with Crippen molar-refractivity contribution >= 4 is 5.91 Å². The molecule has 1 aromatic carbocycles. The normalized spacial score (nSPS) is 12.2. The molecule has 0 saturated heterocycles. The number of carbonyl (C=O) groups excluding carboxylic acids is 1. The highest BCUT2D eigenvalue weighted by molar-refractivity contribution is 5.94. The second-order valence-electron chi connectivity index (χ2n) is 4.77. The van der Waals surface area contributed by atoms with Crippen LogP contribution < -0.4 is 10.6 Å². The molecule has 0 heterocycles. The van der Waals surface area contributed by atoms with Crippen LogP contribution in [0.25, 0.3) is 0 Å². The van der Waals surface area contributed by atoms with Crippen molar-refractivity contribution in [3.63, 3.8) is 0 Å². The number of aryl methyl sites for hydroxylation is 1. The molecule has 0 saturated carbocycles. The Labute approximate surface area is 110 Å². The molecule has 0 fully saturated rings. The molecule has 0 radical (unpaired) electrons. The zero-order chi connectivity index (χ0) is 13.4. The summed E-state index contributed by atoms with van der Waals surface area (Å²) in [5, 5.41) is 6.30. The molecule has 1 aromatic rings. The topological polar surface area (TPSA) is 41.1 Å². The lowest BCUT2D eigenvalue weighted by molar-refractivity contribution is 0.0953. The van der Waals surface area contributed by atoms with Crippen LogP contribution in [0.3, 0.4) is 0 Å². The van der Waals surface area contributed by atoms with E-state index in [0.717, 1.165) is 12.1 Å². The van der Waals surface area contributed by atoms with Crippen LogP contribution in [0.2, 0.25) is 0 Å². The molecular weight excluding hydrogens is 224 g/mol. The highest BCUT2D eigenvalue weighted by Gasteiger charge is 2.04. The van der Waals surface area contributed by atoms with Crippen LogP contribution in [0.4, 0.5) is 0 Å². The van der Waals surface area contributed by atoms with Crippen molar-refractivity contribution in [2.24, 2.45) is 0 Å². The molecule has 3 heteroatoms. The van der Waals surface area contributed by atoms with Gasteiger partial charge in [0.1, 0.15) is 0 Å². The largest absolute Gasteiger partial charge is 0.351 e. The Bertz CT molecular complexity index is 359. The van der Waals surface area contributed by atoms with Gasteiger partial charge in [-0.25, -0.2) is 0 Å². The van der Waals surface area contributed by atoms with Gasteiger partial charge in [-0.15, -0.1) is 0 Å². The van der Waals surface area contributed by atoms with E-state index in [9.17, 15) is 4.79 Å². The zero-order valence-corrected chi connectivity index (χ0v) is 11.6. The van der Waals surface area contributed by atoms with E-state index in [1.807, 2.05) is 31.2 Å². The second kappa shape index (κ2) is 7.88. The Hall–Kier alpha value is -1.35. The maximum atomic E-state index is 11.8. The monoisotopic (exact) mass is 248 g/mol. The molecule has 1 unspecified atom stereocenters. The Morgan fingerprint density at radius 2 is 1.89 bits per heavy atom. The summed E-state index contributed by atoms with van der Waals surface area (Å²) in [5.74, 6) is -0.0000513. The van der Waals surface area contributed by atoms with Gasteiger partial charge < -0.3 is 10.6 Å². The number of rotatable bonds is 7. The fraction of sp³-hybridized carbons (Fsp3) is 0.533. The predicted octanol–water partition coefficient (Wildman–Crippen LogP) is 2.50. The summed E-state index contributed by atoms with van der Waals surface area (Å²) in [5.41, 5.74) is 1.89. The van der Waals surface area contributed by atoms with E-state index in [1.165, 1.54) is 18.4 Å². The minimum atomic E-state index is -0.0000513. The number of amides is 1. The van der Waals surface area contributed by atoms with E-state index in [0.29, 0.717) is 12.6 Å². The predicted molar refractivity (Wildman–Crippen MR) is 75.9 cm³/mol. The average Bonchev–Trinajstić information content (AvgIpc) is 2.35. The van der Waals surface area contributed by atoms with Gasteiger partial charge in [-0.2, -0.15) is 0 Å². The highest BCUT2D eigenvalue weighted by atomic mass is 16.1. The molecule has 0 aromatic heterocycles. The van der Waals surface area contributed by atoms with E-state index in [2.05, 4.69) is 24.5 Å². The van der Waals surface area contributed by atoms with Crippen molar-refractivity contribution < 1.29 is 4.79 Å². The molecule has 100 valence electrons. The van der Waals surface area contributed by atoms with Crippen LogP contribution in [0, 0.1) is 6.92 Å². The van der Waals surface area contributed by atoms with Crippen molar-refractivity contribution in [1.82, 2.24) is 10.6 Å². The molecule has 18 heavy (non-hydrogen) atoms. The van der Waals surface area contributed by atoms with Crippen LogP contribution in [-0.2, 0) is 0 Å². The maximum absolute atomic E-state index is 11.8. The van der Waals surface area contributed by atoms with Gasteiger partial charge >= 0.3 is 0 Å². The Kier molecular flexibility index (Phi) is 6.44. The van der Waals surface area contributed by atoms with Crippen molar-refractivity contribution in [3.05, 3.63) is 35.4 Å². The molecular formula is C15H24N2O. The van der Waals surface area contributed by atoms with E-state index in [4.69, 9.17) is 0 Å². The fourth-order valence-electron chi connectivity index (χ4n) is 1.84. The number of hydrogen-bond donors (Lipinski definition) is 2. The van der Waals surface area contributed by atoms with Gasteiger partial charge in [-0.05, 0) is 32.4 Å². The van der Waals surface area contributed by atoms with Crippen molar-refractivity contribution in [1.29, 1.82) is 0 Å². The summed E-state index contributed by atoms with van der Waals surface area (Å²) in [6, 6.07) is 8.15. The Morgan fingerprint density at radius 3 is 2.50 bits per heavy atom. The standard InChI is InChI=1S/C15H24N2O/c1-4-5-13(3)16-10-11-17-15(18)14-8-6-12(2)7-9-14/h6-9,13,16H,4-5,10-11H2,1-3H3,(H,17,18). The van der Waals surface area contributed by atoms with Gasteiger partial charge in [-0.1, -0.05) is 31.0 Å². The van der Waals surface area contributed by atoms with Gasteiger partial charge in [0.2, 0.25) is 0 Å². The number of hydrogen-bond acceptors (Lipinski definition) is 2. The molecule has 3 nitrogen and oxygen atoms in total. The minimum absolute atomic E-state index is 0.0000513. The quantitative estimate of drug-likeness (QED) is 0.728. The summed E-state index contributed by atoms with van der Waals surface area (Å²) in [4.78, 5) is 11.8. The first kappa shape index (κ1) is 14.7. The van der Waals surface area contributed by atoms with E-state index < -0.39 is 0 Å². The Morgan fingerprint density at radius 1 is 1.22 bits per heavy atom. The first-order valence-electron chi connectivity index (χ1n) is 6.71. The van der Waals surface area contributed by atoms with Crippen LogP contribution in [-0.4, -0.2) is 25.0 Å². The highest BCUT2D eigenvalue weighted by Crippen LogP contribution is 2.02. The van der Waals surface area contributed by atoms with Crippen molar-refractivity contribution in [2.45, 2.75) is 39.7 Å². The first-order chi connectivity index (χ1) is 8.63. The number of nitrogens with one attached hydrogen (secondary N) is 2. The van der Waals surface area contributed by atoms with Crippen LogP contribution in [0.1, 0.15) is 42.6 Å². The van der Waals surface area contributed by atoms with Gasteiger partial charge in [0.05, 0.1) is 0 Å². The molecule has 1 atom stereocenters. The summed E-state index contributed by atoms with van der Waals surface area (Å²) in [6.07, 6.45) is 2.36. The molecule has 0 aliphatic rings. The molecule has 1 amide bonds. The van der Waals surface area contributed by atoms with Crippen molar-refractivity contribution in [2.75, 3.05) is 13.1 Å². The fourth-order valence-corrected chi connectivity index (χ4v) is 1.84. The molecule has 1 rings (SSSR count). The lowest BCUT2D eigenvalue weighted by Crippen LogP contribution is -2.35. The molecule has 0 bridgehead atoms.